The lowest BCUT2D eigenvalue weighted by atomic mass is 10.0. The second-order valence-corrected chi connectivity index (χ2v) is 7.58. The molecule has 1 aromatic heterocycles. The number of carbonyl (C=O) groups is 2. The third-order valence-corrected chi connectivity index (χ3v) is 5.01. The summed E-state index contributed by atoms with van der Waals surface area (Å²) < 4.78 is 0. The summed E-state index contributed by atoms with van der Waals surface area (Å²) in [5.41, 5.74) is 2.45. The summed E-state index contributed by atoms with van der Waals surface area (Å²) in [6.45, 7) is 9.73. The van der Waals surface area contributed by atoms with Gasteiger partial charge >= 0.3 is 0 Å². The maximum absolute atomic E-state index is 12.7. The van der Waals surface area contributed by atoms with Crippen molar-refractivity contribution in [2.24, 2.45) is 5.92 Å². The number of anilines is 1. The van der Waals surface area contributed by atoms with Gasteiger partial charge in [-0.25, -0.2) is 4.98 Å². The van der Waals surface area contributed by atoms with Gasteiger partial charge in [-0.1, -0.05) is 39.0 Å². The highest BCUT2D eigenvalue weighted by molar-refractivity contribution is 7.15. The number of thiazole rings is 1. The minimum Gasteiger partial charge on any atom is -0.340 e. The fourth-order valence-electron chi connectivity index (χ4n) is 2.57. The summed E-state index contributed by atoms with van der Waals surface area (Å²) in [6, 6.07) is 6.72. The van der Waals surface area contributed by atoms with Crippen molar-refractivity contribution in [3.8, 4) is 0 Å². The fraction of sp³-hybridized carbons (Fsp3) is 0.421. The topological polar surface area (TPSA) is 71.1 Å². The van der Waals surface area contributed by atoms with E-state index in [0.717, 1.165) is 22.6 Å². The highest BCUT2D eigenvalue weighted by Crippen LogP contribution is 2.23. The Morgan fingerprint density at radius 1 is 1.20 bits per heavy atom. The molecule has 2 aromatic rings. The van der Waals surface area contributed by atoms with E-state index >= 15 is 0 Å². The molecule has 2 rings (SSSR count). The molecule has 1 atom stereocenters. The monoisotopic (exact) mass is 359 g/mol. The van der Waals surface area contributed by atoms with E-state index in [1.54, 1.807) is 6.07 Å². The van der Waals surface area contributed by atoms with Crippen LogP contribution < -0.4 is 10.6 Å². The molecular formula is C19H25N3O2S. The van der Waals surface area contributed by atoms with E-state index in [1.165, 1.54) is 11.3 Å². The summed E-state index contributed by atoms with van der Waals surface area (Å²) in [5.74, 6) is -0.524. The molecule has 1 unspecified atom stereocenters. The Hall–Kier alpha value is -2.21. The average Bonchev–Trinajstić information content (AvgIpc) is 2.91. The fourth-order valence-corrected chi connectivity index (χ4v) is 3.48. The zero-order valence-electron chi connectivity index (χ0n) is 15.3. The Morgan fingerprint density at radius 3 is 2.44 bits per heavy atom. The third kappa shape index (κ3) is 4.66. The molecule has 2 amide bonds. The molecular weight excluding hydrogens is 334 g/mol. The standard InChI is InChI=1S/C19H25N3O2S/c1-6-15-13(5)25-19(20-15)22-18(24)16(11(2)3)21-17(23)14-10-8-7-9-12(14)4/h7-11,16H,6H2,1-5H3,(H,21,23)(H,20,22,24). The zero-order valence-corrected chi connectivity index (χ0v) is 16.2. The predicted molar refractivity (Wildman–Crippen MR) is 102 cm³/mol. The molecule has 0 aliphatic heterocycles. The SMILES string of the molecule is CCc1nc(NC(=O)C(NC(=O)c2ccccc2C)C(C)C)sc1C. The predicted octanol–water partition coefficient (Wildman–Crippen LogP) is 3.72. The molecule has 2 N–H and O–H groups in total. The molecule has 5 nitrogen and oxygen atoms in total. The van der Waals surface area contributed by atoms with E-state index in [1.807, 2.05) is 52.8 Å². The van der Waals surface area contributed by atoms with E-state index in [9.17, 15) is 9.59 Å². The van der Waals surface area contributed by atoms with Gasteiger partial charge in [0.1, 0.15) is 6.04 Å². The van der Waals surface area contributed by atoms with Crippen molar-refractivity contribution < 1.29 is 9.59 Å². The number of nitrogens with one attached hydrogen (secondary N) is 2. The van der Waals surface area contributed by atoms with Gasteiger partial charge in [-0.05, 0) is 37.8 Å². The maximum Gasteiger partial charge on any atom is 0.252 e. The molecule has 0 saturated carbocycles. The Balaban J connectivity index is 2.12. The van der Waals surface area contributed by atoms with Gasteiger partial charge in [0.05, 0.1) is 5.69 Å². The molecule has 0 fully saturated rings. The van der Waals surface area contributed by atoms with Crippen LogP contribution in [0.5, 0.6) is 0 Å². The number of nitrogens with zero attached hydrogens (tertiary/aromatic N) is 1. The van der Waals surface area contributed by atoms with Crippen molar-refractivity contribution in [3.63, 3.8) is 0 Å². The third-order valence-electron chi connectivity index (χ3n) is 4.08. The summed E-state index contributed by atoms with van der Waals surface area (Å²) in [7, 11) is 0. The molecule has 0 radical (unpaired) electrons. The minimum atomic E-state index is -0.624. The Bertz CT molecular complexity index is 768. The molecule has 0 saturated heterocycles. The molecule has 134 valence electrons. The van der Waals surface area contributed by atoms with Gasteiger partial charge in [0, 0.05) is 10.4 Å². The Labute approximate surface area is 152 Å². The normalized spacial score (nSPS) is 12.1. The van der Waals surface area contributed by atoms with Crippen LogP contribution in [0.2, 0.25) is 0 Å². The number of aromatic nitrogens is 1. The van der Waals surface area contributed by atoms with Gasteiger partial charge in [0.25, 0.3) is 5.91 Å². The van der Waals surface area contributed by atoms with Crippen molar-refractivity contribution in [1.82, 2.24) is 10.3 Å². The van der Waals surface area contributed by atoms with Crippen LogP contribution in [0.4, 0.5) is 5.13 Å². The van der Waals surface area contributed by atoms with Crippen LogP contribution in [0, 0.1) is 19.8 Å². The second kappa shape index (κ2) is 8.25. The molecule has 25 heavy (non-hydrogen) atoms. The number of carbonyl (C=O) groups excluding carboxylic acids is 2. The highest BCUT2D eigenvalue weighted by atomic mass is 32.1. The number of benzene rings is 1. The summed E-state index contributed by atoms with van der Waals surface area (Å²) >= 11 is 1.46. The van der Waals surface area contributed by atoms with E-state index < -0.39 is 6.04 Å². The molecule has 1 heterocycles. The van der Waals surface area contributed by atoms with Crippen molar-refractivity contribution in [1.29, 1.82) is 0 Å². The number of amides is 2. The van der Waals surface area contributed by atoms with E-state index in [4.69, 9.17) is 0 Å². The zero-order chi connectivity index (χ0) is 18.6. The van der Waals surface area contributed by atoms with Crippen LogP contribution in [0.3, 0.4) is 0 Å². The number of rotatable bonds is 6. The summed E-state index contributed by atoms with van der Waals surface area (Å²) in [4.78, 5) is 30.7. The van der Waals surface area contributed by atoms with Crippen LogP contribution in [-0.4, -0.2) is 22.8 Å². The first-order chi connectivity index (χ1) is 11.8. The lowest BCUT2D eigenvalue weighted by Crippen LogP contribution is -2.47. The average molecular weight is 359 g/mol. The lowest BCUT2D eigenvalue weighted by Gasteiger charge is -2.21. The van der Waals surface area contributed by atoms with Crippen molar-refractivity contribution in [2.45, 2.75) is 47.1 Å². The summed E-state index contributed by atoms with van der Waals surface area (Å²) in [6.07, 6.45) is 0.829. The van der Waals surface area contributed by atoms with Gasteiger partial charge in [-0.15, -0.1) is 11.3 Å². The molecule has 0 aliphatic carbocycles. The molecule has 6 heteroatoms. The largest absolute Gasteiger partial charge is 0.340 e. The Morgan fingerprint density at radius 2 is 1.88 bits per heavy atom. The quantitative estimate of drug-likeness (QED) is 0.826. The number of hydrogen-bond donors (Lipinski definition) is 2. The molecule has 0 aliphatic rings. The first-order valence-electron chi connectivity index (χ1n) is 8.47. The Kier molecular flexibility index (Phi) is 6.31. The van der Waals surface area contributed by atoms with Gasteiger partial charge < -0.3 is 10.6 Å². The van der Waals surface area contributed by atoms with Crippen LogP contribution in [0.15, 0.2) is 24.3 Å². The van der Waals surface area contributed by atoms with Crippen molar-refractivity contribution in [3.05, 3.63) is 46.0 Å². The highest BCUT2D eigenvalue weighted by Gasteiger charge is 2.26. The summed E-state index contributed by atoms with van der Waals surface area (Å²) in [5, 5.41) is 6.28. The molecule has 1 aromatic carbocycles. The minimum absolute atomic E-state index is 0.0420. The van der Waals surface area contributed by atoms with Crippen LogP contribution in [-0.2, 0) is 11.2 Å². The van der Waals surface area contributed by atoms with Crippen LogP contribution in [0.1, 0.15) is 47.3 Å². The first-order valence-corrected chi connectivity index (χ1v) is 9.28. The van der Waals surface area contributed by atoms with Gasteiger partial charge in [0.2, 0.25) is 5.91 Å². The number of aryl methyl sites for hydroxylation is 3. The van der Waals surface area contributed by atoms with Gasteiger partial charge in [-0.2, -0.15) is 0 Å². The number of hydrogen-bond acceptors (Lipinski definition) is 4. The molecule has 0 spiro atoms. The van der Waals surface area contributed by atoms with Crippen molar-refractivity contribution >= 4 is 28.3 Å². The van der Waals surface area contributed by atoms with E-state index in [2.05, 4.69) is 15.6 Å². The van der Waals surface area contributed by atoms with Gasteiger partial charge in [0.15, 0.2) is 5.13 Å². The molecule has 0 bridgehead atoms. The van der Waals surface area contributed by atoms with E-state index in [-0.39, 0.29) is 17.7 Å². The van der Waals surface area contributed by atoms with E-state index in [0.29, 0.717) is 10.7 Å². The maximum atomic E-state index is 12.7. The van der Waals surface area contributed by atoms with Crippen LogP contribution in [0.25, 0.3) is 0 Å². The van der Waals surface area contributed by atoms with Crippen molar-refractivity contribution in [2.75, 3.05) is 5.32 Å². The van der Waals surface area contributed by atoms with Gasteiger partial charge in [-0.3, -0.25) is 9.59 Å². The first kappa shape index (κ1) is 19.1. The lowest BCUT2D eigenvalue weighted by molar-refractivity contribution is -0.118. The van der Waals surface area contributed by atoms with Crippen LogP contribution >= 0.6 is 11.3 Å². The second-order valence-electron chi connectivity index (χ2n) is 6.37. The smallest absolute Gasteiger partial charge is 0.252 e.